The standard InChI is InChI=1S/C20H27N3O4S/c1-2-12-22(17-11-14-28(26,27)15-17)19(24)8-9-20(25)23-13-10-18(21-23)16-6-4-3-5-7-16/h3-7,17H,2,8-15H2,1H3. The molecule has 2 aliphatic heterocycles. The van der Waals surface area contributed by atoms with Gasteiger partial charge in [-0.15, -0.1) is 0 Å². The van der Waals surface area contributed by atoms with Gasteiger partial charge in [0.05, 0.1) is 23.8 Å². The molecule has 1 unspecified atom stereocenters. The van der Waals surface area contributed by atoms with Crippen LogP contribution in [-0.4, -0.2) is 66.5 Å². The van der Waals surface area contributed by atoms with E-state index in [2.05, 4.69) is 5.10 Å². The van der Waals surface area contributed by atoms with Gasteiger partial charge in [-0.2, -0.15) is 5.10 Å². The van der Waals surface area contributed by atoms with Crippen molar-refractivity contribution in [1.29, 1.82) is 0 Å². The minimum atomic E-state index is -3.06. The molecule has 1 saturated heterocycles. The molecular weight excluding hydrogens is 378 g/mol. The van der Waals surface area contributed by atoms with E-state index in [0.717, 1.165) is 17.7 Å². The van der Waals surface area contributed by atoms with Crippen LogP contribution in [0, 0.1) is 0 Å². The molecule has 1 aromatic rings. The summed E-state index contributed by atoms with van der Waals surface area (Å²) in [5.41, 5.74) is 1.88. The van der Waals surface area contributed by atoms with E-state index in [9.17, 15) is 18.0 Å². The Labute approximate surface area is 166 Å². The zero-order valence-corrected chi connectivity index (χ0v) is 17.0. The first-order chi connectivity index (χ1) is 13.4. The first-order valence-corrected chi connectivity index (χ1v) is 11.6. The third-order valence-electron chi connectivity index (χ3n) is 5.18. The fraction of sp³-hybridized carbons (Fsp3) is 0.550. The van der Waals surface area contributed by atoms with Crippen LogP contribution in [0.3, 0.4) is 0 Å². The summed E-state index contributed by atoms with van der Waals surface area (Å²) in [6.45, 7) is 3.00. The Kier molecular flexibility index (Phi) is 6.49. The Hall–Kier alpha value is -2.22. The molecular formula is C20H27N3O4S. The highest BCUT2D eigenvalue weighted by Crippen LogP contribution is 2.20. The minimum absolute atomic E-state index is 0.0313. The molecule has 0 N–H and O–H groups in total. The minimum Gasteiger partial charge on any atom is -0.339 e. The number of hydrogen-bond donors (Lipinski definition) is 0. The van der Waals surface area contributed by atoms with Crippen molar-refractivity contribution >= 4 is 27.4 Å². The molecule has 28 heavy (non-hydrogen) atoms. The van der Waals surface area contributed by atoms with Crippen molar-refractivity contribution in [3.63, 3.8) is 0 Å². The predicted octanol–water partition coefficient (Wildman–Crippen LogP) is 1.83. The third-order valence-corrected chi connectivity index (χ3v) is 6.93. The van der Waals surface area contributed by atoms with Crippen LogP contribution in [0.2, 0.25) is 0 Å². The Bertz CT molecular complexity index is 851. The van der Waals surface area contributed by atoms with Gasteiger partial charge in [0.1, 0.15) is 0 Å². The van der Waals surface area contributed by atoms with Gasteiger partial charge in [-0.3, -0.25) is 9.59 Å². The van der Waals surface area contributed by atoms with Crippen LogP contribution >= 0.6 is 0 Å². The lowest BCUT2D eigenvalue weighted by molar-refractivity contribution is -0.138. The van der Waals surface area contributed by atoms with Gasteiger partial charge in [0, 0.05) is 31.8 Å². The Morgan fingerprint density at radius 1 is 1.21 bits per heavy atom. The summed E-state index contributed by atoms with van der Waals surface area (Å²) in [6, 6.07) is 9.48. The summed E-state index contributed by atoms with van der Waals surface area (Å²) >= 11 is 0. The summed E-state index contributed by atoms with van der Waals surface area (Å²) in [5, 5.41) is 5.85. The van der Waals surface area contributed by atoms with Gasteiger partial charge in [0.2, 0.25) is 11.8 Å². The van der Waals surface area contributed by atoms with Crippen LogP contribution in [0.25, 0.3) is 0 Å². The number of hydrazone groups is 1. The van der Waals surface area contributed by atoms with Crippen molar-refractivity contribution in [2.75, 3.05) is 24.6 Å². The van der Waals surface area contributed by atoms with Crippen molar-refractivity contribution < 1.29 is 18.0 Å². The van der Waals surface area contributed by atoms with E-state index < -0.39 is 9.84 Å². The summed E-state index contributed by atoms with van der Waals surface area (Å²) in [6.07, 6.45) is 2.11. The van der Waals surface area contributed by atoms with Crippen LogP contribution < -0.4 is 0 Å². The lowest BCUT2D eigenvalue weighted by Gasteiger charge is -2.28. The lowest BCUT2D eigenvalue weighted by Crippen LogP contribution is -2.42. The van der Waals surface area contributed by atoms with Gasteiger partial charge >= 0.3 is 0 Å². The monoisotopic (exact) mass is 405 g/mol. The Morgan fingerprint density at radius 3 is 2.61 bits per heavy atom. The molecule has 0 bridgehead atoms. The molecule has 1 aromatic carbocycles. The van der Waals surface area contributed by atoms with Crippen LogP contribution in [0.1, 0.15) is 44.6 Å². The van der Waals surface area contributed by atoms with Crippen molar-refractivity contribution in [2.24, 2.45) is 5.10 Å². The van der Waals surface area contributed by atoms with Gasteiger partial charge < -0.3 is 4.90 Å². The van der Waals surface area contributed by atoms with E-state index >= 15 is 0 Å². The summed E-state index contributed by atoms with van der Waals surface area (Å²) < 4.78 is 23.5. The Balaban J connectivity index is 1.56. The van der Waals surface area contributed by atoms with E-state index in [4.69, 9.17) is 0 Å². The number of carbonyl (C=O) groups is 2. The van der Waals surface area contributed by atoms with Gasteiger partial charge in [-0.25, -0.2) is 13.4 Å². The maximum absolute atomic E-state index is 12.7. The maximum atomic E-state index is 12.7. The second-order valence-corrected chi connectivity index (χ2v) is 9.55. The number of hydrogen-bond acceptors (Lipinski definition) is 5. The highest BCUT2D eigenvalue weighted by Gasteiger charge is 2.34. The number of nitrogens with zero attached hydrogens (tertiary/aromatic N) is 3. The highest BCUT2D eigenvalue weighted by atomic mass is 32.2. The average molecular weight is 406 g/mol. The summed E-state index contributed by atoms with van der Waals surface area (Å²) in [7, 11) is -3.06. The molecule has 7 nitrogen and oxygen atoms in total. The van der Waals surface area contributed by atoms with Gasteiger partial charge in [0.25, 0.3) is 0 Å². The largest absolute Gasteiger partial charge is 0.339 e. The van der Waals surface area contributed by atoms with Crippen molar-refractivity contribution in [3.05, 3.63) is 35.9 Å². The van der Waals surface area contributed by atoms with Crippen LogP contribution in [-0.2, 0) is 19.4 Å². The highest BCUT2D eigenvalue weighted by molar-refractivity contribution is 7.91. The number of amides is 2. The van der Waals surface area contributed by atoms with E-state index in [1.807, 2.05) is 37.3 Å². The molecule has 2 heterocycles. The van der Waals surface area contributed by atoms with E-state index in [1.54, 1.807) is 4.90 Å². The van der Waals surface area contributed by atoms with Crippen molar-refractivity contribution in [2.45, 2.75) is 45.1 Å². The van der Waals surface area contributed by atoms with E-state index in [0.29, 0.717) is 25.9 Å². The molecule has 8 heteroatoms. The molecule has 0 spiro atoms. The van der Waals surface area contributed by atoms with E-state index in [-0.39, 0.29) is 42.2 Å². The second kappa shape index (κ2) is 8.86. The van der Waals surface area contributed by atoms with Gasteiger partial charge in [0.15, 0.2) is 9.84 Å². The molecule has 0 aliphatic carbocycles. The van der Waals surface area contributed by atoms with Crippen LogP contribution in [0.15, 0.2) is 35.4 Å². The number of sulfone groups is 1. The molecule has 2 aliphatic rings. The summed E-state index contributed by atoms with van der Waals surface area (Å²) in [5.74, 6) is -0.156. The molecule has 2 amide bonds. The molecule has 3 rings (SSSR count). The summed E-state index contributed by atoms with van der Waals surface area (Å²) in [4.78, 5) is 26.8. The molecule has 1 atom stereocenters. The second-order valence-electron chi connectivity index (χ2n) is 7.32. The number of rotatable bonds is 7. The molecule has 152 valence electrons. The average Bonchev–Trinajstić information content (AvgIpc) is 3.31. The number of benzene rings is 1. The molecule has 0 saturated carbocycles. The fourth-order valence-electron chi connectivity index (χ4n) is 3.73. The molecule has 0 aromatic heterocycles. The zero-order chi connectivity index (χ0) is 20.1. The quantitative estimate of drug-likeness (QED) is 0.692. The maximum Gasteiger partial charge on any atom is 0.243 e. The molecule has 1 fully saturated rings. The van der Waals surface area contributed by atoms with Crippen molar-refractivity contribution in [1.82, 2.24) is 9.91 Å². The number of carbonyl (C=O) groups excluding carboxylic acids is 2. The van der Waals surface area contributed by atoms with Gasteiger partial charge in [-0.1, -0.05) is 37.3 Å². The van der Waals surface area contributed by atoms with Crippen LogP contribution in [0.4, 0.5) is 0 Å². The molecule has 0 radical (unpaired) electrons. The topological polar surface area (TPSA) is 87.1 Å². The fourth-order valence-corrected chi connectivity index (χ4v) is 5.46. The normalized spacial score (nSPS) is 20.8. The zero-order valence-electron chi connectivity index (χ0n) is 16.2. The predicted molar refractivity (Wildman–Crippen MR) is 108 cm³/mol. The van der Waals surface area contributed by atoms with Crippen molar-refractivity contribution in [3.8, 4) is 0 Å². The Morgan fingerprint density at radius 2 is 1.96 bits per heavy atom. The van der Waals surface area contributed by atoms with Gasteiger partial charge in [-0.05, 0) is 18.4 Å². The first-order valence-electron chi connectivity index (χ1n) is 9.83. The first kappa shape index (κ1) is 20.5. The SMILES string of the molecule is CCCN(C(=O)CCC(=O)N1CCC(c2ccccc2)=N1)C1CCS(=O)(=O)C1. The third kappa shape index (κ3) is 4.98. The smallest absolute Gasteiger partial charge is 0.243 e. The lowest BCUT2D eigenvalue weighted by atomic mass is 10.1. The van der Waals surface area contributed by atoms with Crippen LogP contribution in [0.5, 0.6) is 0 Å². The van der Waals surface area contributed by atoms with E-state index in [1.165, 1.54) is 5.01 Å².